The van der Waals surface area contributed by atoms with E-state index < -0.39 is 28.5 Å². The molecule has 0 aliphatic carbocycles. The fourth-order valence-electron chi connectivity index (χ4n) is 3.55. The predicted molar refractivity (Wildman–Crippen MR) is 139 cm³/mol. The van der Waals surface area contributed by atoms with Crippen LogP contribution in [0.4, 0.5) is 0 Å². The molecule has 36 heavy (non-hydrogen) atoms. The van der Waals surface area contributed by atoms with Crippen LogP contribution in [0.2, 0.25) is 5.02 Å². The molecule has 8 nitrogen and oxygen atoms in total. The van der Waals surface area contributed by atoms with Crippen LogP contribution < -0.4 is 5.32 Å². The van der Waals surface area contributed by atoms with Gasteiger partial charge >= 0.3 is 0 Å². The number of hydrogen-bond acceptors (Lipinski definition) is 5. The summed E-state index contributed by atoms with van der Waals surface area (Å²) in [7, 11) is -2.26. The first-order valence-electron chi connectivity index (χ1n) is 11.3. The SMILES string of the molecule is CN(CC(=O)N(Cc1ccc(Cl)cc1)C(Cc1ccccc1)C(=O)NCc1cccnc1)S(C)(=O)=O. The molecule has 0 spiro atoms. The Kier molecular flexibility index (Phi) is 9.58. The summed E-state index contributed by atoms with van der Waals surface area (Å²) in [4.78, 5) is 32.5. The van der Waals surface area contributed by atoms with Gasteiger partial charge in [0.1, 0.15) is 6.04 Å². The maximum absolute atomic E-state index is 13.5. The minimum Gasteiger partial charge on any atom is -0.350 e. The van der Waals surface area contributed by atoms with E-state index in [1.807, 2.05) is 36.4 Å². The Bertz CT molecular complexity index is 1260. The molecule has 0 radical (unpaired) electrons. The van der Waals surface area contributed by atoms with Crippen molar-refractivity contribution in [1.82, 2.24) is 19.5 Å². The first kappa shape index (κ1) is 27.3. The summed E-state index contributed by atoms with van der Waals surface area (Å²) in [5.41, 5.74) is 2.44. The summed E-state index contributed by atoms with van der Waals surface area (Å²) in [5, 5.41) is 3.45. The fourth-order valence-corrected chi connectivity index (χ4v) is 4.02. The molecule has 10 heteroatoms. The third kappa shape index (κ3) is 8.15. The number of hydrogen-bond donors (Lipinski definition) is 1. The molecular weight excluding hydrogens is 500 g/mol. The van der Waals surface area contributed by atoms with Crippen LogP contribution in [0.3, 0.4) is 0 Å². The topological polar surface area (TPSA) is 99.7 Å². The van der Waals surface area contributed by atoms with E-state index in [1.165, 1.54) is 11.9 Å². The molecule has 0 saturated heterocycles. The van der Waals surface area contributed by atoms with Gasteiger partial charge in [0.25, 0.3) is 0 Å². The number of benzene rings is 2. The highest BCUT2D eigenvalue weighted by molar-refractivity contribution is 7.88. The van der Waals surface area contributed by atoms with Crippen molar-refractivity contribution in [3.63, 3.8) is 0 Å². The van der Waals surface area contributed by atoms with Crippen LogP contribution in [-0.4, -0.2) is 60.3 Å². The molecule has 190 valence electrons. The van der Waals surface area contributed by atoms with Crippen LogP contribution in [0.1, 0.15) is 16.7 Å². The molecule has 1 unspecified atom stereocenters. The number of amides is 2. The van der Waals surface area contributed by atoms with Gasteiger partial charge in [-0.15, -0.1) is 0 Å². The van der Waals surface area contributed by atoms with Gasteiger partial charge in [0.2, 0.25) is 21.8 Å². The van der Waals surface area contributed by atoms with Gasteiger partial charge in [-0.25, -0.2) is 8.42 Å². The zero-order chi connectivity index (χ0) is 26.1. The van der Waals surface area contributed by atoms with Gasteiger partial charge < -0.3 is 10.2 Å². The van der Waals surface area contributed by atoms with Gasteiger partial charge in [0.15, 0.2) is 0 Å². The Morgan fingerprint density at radius 1 is 0.972 bits per heavy atom. The smallest absolute Gasteiger partial charge is 0.243 e. The van der Waals surface area contributed by atoms with Gasteiger partial charge in [0.05, 0.1) is 12.8 Å². The Hall–Kier alpha value is -3.27. The Morgan fingerprint density at radius 3 is 2.25 bits per heavy atom. The van der Waals surface area contributed by atoms with Crippen LogP contribution in [0, 0.1) is 0 Å². The number of sulfonamides is 1. The normalized spacial score (nSPS) is 12.2. The minimum atomic E-state index is -3.60. The van der Waals surface area contributed by atoms with Crippen molar-refractivity contribution in [3.8, 4) is 0 Å². The standard InChI is InChI=1S/C26H29ClN4O4S/c1-30(36(2,34)35)19-25(32)31(18-21-10-12-23(27)13-11-21)24(15-20-7-4-3-5-8-20)26(33)29-17-22-9-6-14-28-16-22/h3-14,16,24H,15,17-19H2,1-2H3,(H,29,33). The van der Waals surface area contributed by atoms with E-state index in [9.17, 15) is 18.0 Å². The number of pyridine rings is 1. The molecule has 0 bridgehead atoms. The first-order valence-corrected chi connectivity index (χ1v) is 13.5. The minimum absolute atomic E-state index is 0.103. The van der Waals surface area contributed by atoms with Gasteiger partial charge in [-0.1, -0.05) is 60.1 Å². The Balaban J connectivity index is 1.94. The number of carbonyl (C=O) groups is 2. The summed E-state index contributed by atoms with van der Waals surface area (Å²) in [6.07, 6.45) is 4.59. The molecule has 1 aromatic heterocycles. The van der Waals surface area contributed by atoms with Crippen molar-refractivity contribution in [2.45, 2.75) is 25.6 Å². The molecule has 0 aliphatic rings. The average molecular weight is 529 g/mol. The largest absolute Gasteiger partial charge is 0.350 e. The highest BCUT2D eigenvalue weighted by Gasteiger charge is 2.31. The predicted octanol–water partition coefficient (Wildman–Crippen LogP) is 2.88. The van der Waals surface area contributed by atoms with Gasteiger partial charge in [-0.05, 0) is 34.9 Å². The maximum Gasteiger partial charge on any atom is 0.243 e. The molecule has 2 aromatic carbocycles. The number of nitrogens with one attached hydrogen (secondary N) is 1. The summed E-state index contributed by atoms with van der Waals surface area (Å²) in [5.74, 6) is -0.845. The molecule has 0 aliphatic heterocycles. The van der Waals surface area contributed by atoms with Crippen LogP contribution in [0.25, 0.3) is 0 Å². The van der Waals surface area contributed by atoms with Crippen molar-refractivity contribution in [3.05, 3.63) is 101 Å². The lowest BCUT2D eigenvalue weighted by atomic mass is 10.0. The number of nitrogens with zero attached hydrogens (tertiary/aromatic N) is 3. The van der Waals surface area contributed by atoms with E-state index in [0.29, 0.717) is 5.02 Å². The Morgan fingerprint density at radius 2 is 1.64 bits per heavy atom. The summed E-state index contributed by atoms with van der Waals surface area (Å²) < 4.78 is 25.0. The zero-order valence-corrected chi connectivity index (χ0v) is 21.7. The van der Waals surface area contributed by atoms with Gasteiger partial charge in [-0.2, -0.15) is 4.31 Å². The molecule has 0 fully saturated rings. The molecule has 2 amide bonds. The Labute approximate surface area is 217 Å². The van der Waals surface area contributed by atoms with Crippen molar-refractivity contribution in [1.29, 1.82) is 0 Å². The lowest BCUT2D eigenvalue weighted by Gasteiger charge is -2.32. The van der Waals surface area contributed by atoms with E-state index >= 15 is 0 Å². The number of carbonyl (C=O) groups excluding carboxylic acids is 2. The number of rotatable bonds is 11. The molecule has 3 aromatic rings. The lowest BCUT2D eigenvalue weighted by Crippen LogP contribution is -2.52. The highest BCUT2D eigenvalue weighted by Crippen LogP contribution is 2.17. The van der Waals surface area contributed by atoms with Crippen molar-refractivity contribution in [2.75, 3.05) is 19.8 Å². The second-order valence-electron chi connectivity index (χ2n) is 8.45. The first-order chi connectivity index (χ1) is 17.1. The van der Waals surface area contributed by atoms with E-state index in [-0.39, 0.29) is 25.4 Å². The molecule has 1 atom stereocenters. The second kappa shape index (κ2) is 12.6. The molecule has 3 rings (SSSR count). The number of aromatic nitrogens is 1. The quantitative estimate of drug-likeness (QED) is 0.412. The molecule has 1 N–H and O–H groups in total. The van der Waals surface area contributed by atoms with E-state index in [4.69, 9.17) is 11.6 Å². The number of likely N-dealkylation sites (N-methyl/N-ethyl adjacent to an activating group) is 1. The van der Waals surface area contributed by atoms with E-state index in [1.54, 1.807) is 42.7 Å². The molecule has 0 saturated carbocycles. The zero-order valence-electron chi connectivity index (χ0n) is 20.2. The van der Waals surface area contributed by atoms with Gasteiger partial charge in [0, 0.05) is 44.0 Å². The molecule has 1 heterocycles. The third-order valence-electron chi connectivity index (χ3n) is 5.65. The maximum atomic E-state index is 13.5. The average Bonchev–Trinajstić information content (AvgIpc) is 2.86. The molecular formula is C26H29ClN4O4S. The van der Waals surface area contributed by atoms with Crippen LogP contribution in [0.5, 0.6) is 0 Å². The second-order valence-corrected chi connectivity index (χ2v) is 11.0. The highest BCUT2D eigenvalue weighted by atomic mass is 35.5. The lowest BCUT2D eigenvalue weighted by molar-refractivity contribution is -0.141. The van der Waals surface area contributed by atoms with Crippen LogP contribution in [-0.2, 0) is 39.1 Å². The van der Waals surface area contributed by atoms with Gasteiger partial charge in [-0.3, -0.25) is 14.6 Å². The van der Waals surface area contributed by atoms with Crippen LogP contribution >= 0.6 is 11.6 Å². The monoisotopic (exact) mass is 528 g/mol. The third-order valence-corrected chi connectivity index (χ3v) is 7.16. The van der Waals surface area contributed by atoms with E-state index in [2.05, 4.69) is 10.3 Å². The van der Waals surface area contributed by atoms with E-state index in [0.717, 1.165) is 27.3 Å². The fraction of sp³-hybridized carbons (Fsp3) is 0.269. The summed E-state index contributed by atoms with van der Waals surface area (Å²) in [6.45, 7) is -0.0524. The van der Waals surface area contributed by atoms with Crippen LogP contribution in [0.15, 0.2) is 79.1 Å². The van der Waals surface area contributed by atoms with Crippen molar-refractivity contribution < 1.29 is 18.0 Å². The summed E-state index contributed by atoms with van der Waals surface area (Å²) >= 11 is 6.03. The number of halogens is 1. The van der Waals surface area contributed by atoms with Crippen molar-refractivity contribution >= 4 is 33.4 Å². The van der Waals surface area contributed by atoms with Crippen molar-refractivity contribution in [2.24, 2.45) is 0 Å². The summed E-state index contributed by atoms with van der Waals surface area (Å²) in [6, 6.07) is 19.1.